The molecule has 2 aromatic carbocycles. The standard InChI is InChI=1S/C21H26N2O4S/c1-15(27-18-13-11-17(12-14-18)23(2)28(3,25)26)21(24)22-20-10-6-8-16-7-4-5-9-19(16)20/h4-5,7,9,11-15,20H,6,8,10H2,1-3H3,(H,22,24). The second-order valence-corrected chi connectivity index (χ2v) is 9.15. The molecule has 2 aromatic rings. The number of carbonyl (C=O) groups excluding carboxylic acids is 1. The Hall–Kier alpha value is -2.54. The van der Waals surface area contributed by atoms with E-state index >= 15 is 0 Å². The second kappa shape index (κ2) is 8.22. The molecular formula is C21H26N2O4S. The molecule has 7 heteroatoms. The van der Waals surface area contributed by atoms with Crippen molar-refractivity contribution in [3.05, 3.63) is 59.7 Å². The first-order valence-electron chi connectivity index (χ1n) is 9.34. The van der Waals surface area contributed by atoms with Crippen molar-refractivity contribution in [3.8, 4) is 5.75 Å². The molecule has 1 aliphatic rings. The Kier molecular flexibility index (Phi) is 5.93. The van der Waals surface area contributed by atoms with Crippen molar-refractivity contribution < 1.29 is 17.9 Å². The monoisotopic (exact) mass is 402 g/mol. The summed E-state index contributed by atoms with van der Waals surface area (Å²) < 4.78 is 30.1. The predicted molar refractivity (Wildman–Crippen MR) is 110 cm³/mol. The van der Waals surface area contributed by atoms with Gasteiger partial charge >= 0.3 is 0 Å². The van der Waals surface area contributed by atoms with Crippen molar-refractivity contribution in [2.45, 2.75) is 38.3 Å². The van der Waals surface area contributed by atoms with Crippen molar-refractivity contribution in [1.82, 2.24) is 5.32 Å². The number of carbonyl (C=O) groups is 1. The zero-order valence-electron chi connectivity index (χ0n) is 16.4. The number of benzene rings is 2. The Morgan fingerprint density at radius 3 is 2.54 bits per heavy atom. The Labute approximate surface area is 166 Å². The number of ether oxygens (including phenoxy) is 1. The highest BCUT2D eigenvalue weighted by molar-refractivity contribution is 7.92. The van der Waals surface area contributed by atoms with E-state index in [0.717, 1.165) is 25.5 Å². The number of aryl methyl sites for hydroxylation is 1. The van der Waals surface area contributed by atoms with Crippen LogP contribution < -0.4 is 14.4 Å². The molecule has 0 bridgehead atoms. The van der Waals surface area contributed by atoms with Crippen molar-refractivity contribution in [1.29, 1.82) is 0 Å². The Morgan fingerprint density at radius 1 is 1.18 bits per heavy atom. The molecule has 150 valence electrons. The first-order valence-corrected chi connectivity index (χ1v) is 11.2. The van der Waals surface area contributed by atoms with E-state index in [-0.39, 0.29) is 11.9 Å². The van der Waals surface area contributed by atoms with Crippen molar-refractivity contribution in [2.24, 2.45) is 0 Å². The van der Waals surface area contributed by atoms with Crippen LogP contribution in [0, 0.1) is 0 Å². The maximum absolute atomic E-state index is 12.6. The van der Waals surface area contributed by atoms with Crippen LogP contribution >= 0.6 is 0 Å². The molecule has 0 saturated heterocycles. The van der Waals surface area contributed by atoms with E-state index in [2.05, 4.69) is 17.4 Å². The van der Waals surface area contributed by atoms with Gasteiger partial charge in [-0.25, -0.2) is 8.42 Å². The second-order valence-electron chi connectivity index (χ2n) is 7.14. The van der Waals surface area contributed by atoms with E-state index in [1.54, 1.807) is 31.2 Å². The lowest BCUT2D eigenvalue weighted by atomic mass is 9.87. The average Bonchev–Trinajstić information content (AvgIpc) is 2.67. The number of amides is 1. The van der Waals surface area contributed by atoms with Gasteiger partial charge in [0.05, 0.1) is 18.0 Å². The van der Waals surface area contributed by atoms with Gasteiger partial charge in [-0.05, 0) is 61.6 Å². The molecule has 1 aliphatic carbocycles. The lowest BCUT2D eigenvalue weighted by Gasteiger charge is -2.27. The maximum Gasteiger partial charge on any atom is 0.261 e. The third-order valence-corrected chi connectivity index (χ3v) is 6.27. The first-order chi connectivity index (χ1) is 13.3. The number of rotatable bonds is 6. The fourth-order valence-corrected chi connectivity index (χ4v) is 3.88. The lowest BCUT2D eigenvalue weighted by Crippen LogP contribution is -2.39. The summed E-state index contributed by atoms with van der Waals surface area (Å²) >= 11 is 0. The molecule has 6 nitrogen and oxygen atoms in total. The van der Waals surface area contributed by atoms with Crippen LogP contribution in [0.1, 0.15) is 36.9 Å². The molecule has 1 N–H and O–H groups in total. The summed E-state index contributed by atoms with van der Waals surface area (Å²) in [5.74, 6) is 0.344. The quantitative estimate of drug-likeness (QED) is 0.806. The predicted octanol–water partition coefficient (Wildman–Crippen LogP) is 3.04. The van der Waals surface area contributed by atoms with Gasteiger partial charge in [-0.15, -0.1) is 0 Å². The van der Waals surface area contributed by atoms with Crippen molar-refractivity contribution in [2.75, 3.05) is 17.6 Å². The number of fused-ring (bicyclic) bond motifs is 1. The highest BCUT2D eigenvalue weighted by Crippen LogP contribution is 2.29. The van der Waals surface area contributed by atoms with Gasteiger partial charge < -0.3 is 10.1 Å². The molecule has 0 spiro atoms. The number of sulfonamides is 1. The van der Waals surface area contributed by atoms with Gasteiger partial charge in [-0.3, -0.25) is 9.10 Å². The van der Waals surface area contributed by atoms with Crippen LogP contribution in [0.25, 0.3) is 0 Å². The summed E-state index contributed by atoms with van der Waals surface area (Å²) in [6.07, 6.45) is 3.50. The summed E-state index contributed by atoms with van der Waals surface area (Å²) in [6.45, 7) is 1.71. The summed E-state index contributed by atoms with van der Waals surface area (Å²) in [6, 6.07) is 14.8. The van der Waals surface area contributed by atoms with E-state index in [1.165, 1.54) is 22.5 Å². The van der Waals surface area contributed by atoms with Crippen LogP contribution in [0.4, 0.5) is 5.69 Å². The molecule has 2 unspecified atom stereocenters. The van der Waals surface area contributed by atoms with E-state index in [4.69, 9.17) is 4.74 Å². The Bertz CT molecular complexity index is 941. The summed E-state index contributed by atoms with van der Waals surface area (Å²) in [5, 5.41) is 3.09. The largest absolute Gasteiger partial charge is 0.481 e. The molecule has 0 aliphatic heterocycles. The van der Waals surface area contributed by atoms with Gasteiger partial charge in [0.25, 0.3) is 5.91 Å². The topological polar surface area (TPSA) is 75.7 Å². The summed E-state index contributed by atoms with van der Waals surface area (Å²) in [4.78, 5) is 12.6. The molecular weight excluding hydrogens is 376 g/mol. The highest BCUT2D eigenvalue weighted by Gasteiger charge is 2.24. The van der Waals surface area contributed by atoms with Crippen molar-refractivity contribution in [3.63, 3.8) is 0 Å². The van der Waals surface area contributed by atoms with E-state index < -0.39 is 16.1 Å². The fraction of sp³-hybridized carbons (Fsp3) is 0.381. The zero-order valence-corrected chi connectivity index (χ0v) is 17.2. The van der Waals surface area contributed by atoms with Crippen LogP contribution in [-0.4, -0.2) is 33.7 Å². The first kappa shape index (κ1) is 20.2. The molecule has 0 heterocycles. The SMILES string of the molecule is CC(Oc1ccc(N(C)S(C)(=O)=O)cc1)C(=O)NC1CCCc2ccccc21. The van der Waals surface area contributed by atoms with Crippen LogP contribution in [0.15, 0.2) is 48.5 Å². The Balaban J connectivity index is 1.62. The van der Waals surface area contributed by atoms with Gasteiger partial charge in [0, 0.05) is 7.05 Å². The third-order valence-electron chi connectivity index (χ3n) is 5.07. The van der Waals surface area contributed by atoms with Crippen LogP contribution in [0.3, 0.4) is 0 Å². The maximum atomic E-state index is 12.6. The van der Waals surface area contributed by atoms with E-state index in [9.17, 15) is 13.2 Å². The molecule has 0 aromatic heterocycles. The van der Waals surface area contributed by atoms with Gasteiger partial charge in [-0.1, -0.05) is 24.3 Å². The van der Waals surface area contributed by atoms with Gasteiger partial charge in [0.2, 0.25) is 10.0 Å². The minimum atomic E-state index is -3.32. The molecule has 2 atom stereocenters. The summed E-state index contributed by atoms with van der Waals surface area (Å²) in [7, 11) is -1.83. The number of anilines is 1. The third kappa shape index (κ3) is 4.65. The lowest BCUT2D eigenvalue weighted by molar-refractivity contribution is -0.128. The number of hydrogen-bond donors (Lipinski definition) is 1. The van der Waals surface area contributed by atoms with Crippen molar-refractivity contribution >= 4 is 21.6 Å². The number of nitrogens with zero attached hydrogens (tertiary/aromatic N) is 1. The minimum absolute atomic E-state index is 0.00860. The van der Waals surface area contributed by atoms with Gasteiger partial charge in [0.1, 0.15) is 5.75 Å². The molecule has 0 fully saturated rings. The van der Waals surface area contributed by atoms with E-state index in [1.807, 2.05) is 12.1 Å². The molecule has 3 rings (SSSR count). The molecule has 1 amide bonds. The Morgan fingerprint density at radius 2 is 1.86 bits per heavy atom. The molecule has 0 saturated carbocycles. The summed E-state index contributed by atoms with van der Waals surface area (Å²) in [5.41, 5.74) is 3.01. The average molecular weight is 403 g/mol. The highest BCUT2D eigenvalue weighted by atomic mass is 32.2. The van der Waals surface area contributed by atoms with Crippen LogP contribution in [0.5, 0.6) is 5.75 Å². The van der Waals surface area contributed by atoms with Gasteiger partial charge in [0.15, 0.2) is 6.10 Å². The number of nitrogens with one attached hydrogen (secondary N) is 1. The number of hydrogen-bond acceptors (Lipinski definition) is 4. The zero-order chi connectivity index (χ0) is 20.3. The van der Waals surface area contributed by atoms with E-state index in [0.29, 0.717) is 11.4 Å². The minimum Gasteiger partial charge on any atom is -0.481 e. The molecule has 28 heavy (non-hydrogen) atoms. The van der Waals surface area contributed by atoms with Crippen LogP contribution in [0.2, 0.25) is 0 Å². The smallest absolute Gasteiger partial charge is 0.261 e. The fourth-order valence-electron chi connectivity index (χ4n) is 3.38. The van der Waals surface area contributed by atoms with Crippen LogP contribution in [-0.2, 0) is 21.2 Å². The van der Waals surface area contributed by atoms with Gasteiger partial charge in [-0.2, -0.15) is 0 Å². The normalized spacial score (nSPS) is 17.3. The molecule has 0 radical (unpaired) electrons.